The molecule has 4 rings (SSSR count). The van der Waals surface area contributed by atoms with E-state index in [1.807, 2.05) is 6.20 Å². The molecule has 2 aliphatic rings. The van der Waals surface area contributed by atoms with Crippen LogP contribution in [0.5, 0.6) is 0 Å². The quantitative estimate of drug-likeness (QED) is 0.538. The average Bonchev–Trinajstić information content (AvgIpc) is 3.33. The molecule has 0 bridgehead atoms. The topological polar surface area (TPSA) is 91.0 Å². The van der Waals surface area contributed by atoms with Crippen molar-refractivity contribution in [1.29, 1.82) is 0 Å². The predicted molar refractivity (Wildman–Crippen MR) is 120 cm³/mol. The van der Waals surface area contributed by atoms with Gasteiger partial charge in [0.2, 0.25) is 0 Å². The van der Waals surface area contributed by atoms with Crippen molar-refractivity contribution >= 4 is 11.3 Å². The van der Waals surface area contributed by atoms with Crippen molar-refractivity contribution in [3.63, 3.8) is 0 Å². The number of likely N-dealkylation sites (tertiary alicyclic amines) is 1. The van der Waals surface area contributed by atoms with Crippen molar-refractivity contribution in [1.82, 2.24) is 14.7 Å². The number of aliphatic hydroxyl groups is 3. The summed E-state index contributed by atoms with van der Waals surface area (Å²) in [6, 6.07) is 0. The minimum atomic E-state index is -4.48. The van der Waals surface area contributed by atoms with Gasteiger partial charge in [0.15, 0.2) is 0 Å². The lowest BCUT2D eigenvalue weighted by Gasteiger charge is -2.43. The monoisotopic (exact) mass is 503 g/mol. The van der Waals surface area contributed by atoms with Crippen molar-refractivity contribution < 1.29 is 33.2 Å². The number of halogens is 3. The number of hydrogen-bond acceptors (Lipinski definition) is 7. The number of aliphatic hydroxyl groups excluding tert-OH is 2. The first-order valence-electron chi connectivity index (χ1n) is 11.5. The van der Waals surface area contributed by atoms with E-state index in [1.54, 1.807) is 24.7 Å². The first-order valence-corrected chi connectivity index (χ1v) is 12.3. The van der Waals surface area contributed by atoms with Crippen LogP contribution in [-0.2, 0) is 42.6 Å². The van der Waals surface area contributed by atoms with Gasteiger partial charge in [0, 0.05) is 48.3 Å². The Morgan fingerprint density at radius 2 is 1.97 bits per heavy atom. The lowest BCUT2D eigenvalue weighted by molar-refractivity contribution is -0.135. The van der Waals surface area contributed by atoms with Gasteiger partial charge in [-0.25, -0.2) is 0 Å². The molecule has 1 saturated heterocycles. The van der Waals surface area contributed by atoms with Crippen molar-refractivity contribution in [2.45, 2.75) is 82.7 Å². The third-order valence-electron chi connectivity index (χ3n) is 6.57. The van der Waals surface area contributed by atoms with Crippen molar-refractivity contribution in [3.05, 3.63) is 38.8 Å². The maximum absolute atomic E-state index is 13.6. The van der Waals surface area contributed by atoms with Crippen LogP contribution in [0, 0.1) is 0 Å². The van der Waals surface area contributed by atoms with Gasteiger partial charge in [-0.2, -0.15) is 18.3 Å². The SMILES string of the molecule is CC(C)(O)CC(O)Cn1cc(CN2CCC3(CC2)OCCc2c3sc(C(F)(F)F)c2CO)cn1. The van der Waals surface area contributed by atoms with Crippen LogP contribution in [-0.4, -0.2) is 61.4 Å². The molecule has 190 valence electrons. The highest BCUT2D eigenvalue weighted by atomic mass is 32.1. The maximum Gasteiger partial charge on any atom is 0.425 e. The molecule has 34 heavy (non-hydrogen) atoms. The second kappa shape index (κ2) is 9.51. The smallest absolute Gasteiger partial charge is 0.392 e. The van der Waals surface area contributed by atoms with E-state index in [-0.39, 0.29) is 18.5 Å². The number of thiophene rings is 1. The van der Waals surface area contributed by atoms with E-state index in [4.69, 9.17) is 4.74 Å². The number of aromatic nitrogens is 2. The van der Waals surface area contributed by atoms with Crippen LogP contribution in [0.4, 0.5) is 13.2 Å². The number of hydrogen-bond donors (Lipinski definition) is 3. The Balaban J connectivity index is 1.40. The van der Waals surface area contributed by atoms with Gasteiger partial charge in [0.1, 0.15) is 10.5 Å². The standard InChI is InChI=1S/C23H32F3N3O4S/c1-21(2,32)9-16(31)13-29-12-15(10-27-29)11-28-6-4-22(5-7-28)19-17(3-8-33-22)18(14-30)20(34-19)23(24,25)26/h10,12,16,30-32H,3-9,11,13-14H2,1-2H3. The van der Waals surface area contributed by atoms with E-state index in [2.05, 4.69) is 10.00 Å². The van der Waals surface area contributed by atoms with Crippen molar-refractivity contribution in [2.75, 3.05) is 19.7 Å². The Bertz CT molecular complexity index is 991. The fourth-order valence-electron chi connectivity index (χ4n) is 5.09. The number of alkyl halides is 3. The van der Waals surface area contributed by atoms with Gasteiger partial charge in [-0.15, -0.1) is 11.3 Å². The van der Waals surface area contributed by atoms with E-state index >= 15 is 0 Å². The van der Waals surface area contributed by atoms with Crippen LogP contribution < -0.4 is 0 Å². The first kappa shape index (κ1) is 25.6. The Labute approximate surface area is 200 Å². The maximum atomic E-state index is 13.6. The zero-order valence-corrected chi connectivity index (χ0v) is 20.3. The van der Waals surface area contributed by atoms with Crippen LogP contribution in [0.15, 0.2) is 12.4 Å². The summed E-state index contributed by atoms with van der Waals surface area (Å²) >= 11 is 0.733. The highest BCUT2D eigenvalue weighted by molar-refractivity contribution is 7.12. The number of rotatable bonds is 7. The summed E-state index contributed by atoms with van der Waals surface area (Å²) in [5.41, 5.74) is -0.0771. The lowest BCUT2D eigenvalue weighted by atomic mass is 9.84. The molecule has 1 atom stereocenters. The molecule has 0 aromatic carbocycles. The van der Waals surface area contributed by atoms with Gasteiger partial charge >= 0.3 is 6.18 Å². The summed E-state index contributed by atoms with van der Waals surface area (Å²) in [6.07, 6.45) is 0.229. The molecular formula is C23H32F3N3O4S. The van der Waals surface area contributed by atoms with Gasteiger partial charge in [0.05, 0.1) is 37.7 Å². The molecule has 11 heteroatoms. The molecule has 4 heterocycles. The summed E-state index contributed by atoms with van der Waals surface area (Å²) in [5, 5.41) is 34.0. The van der Waals surface area contributed by atoms with E-state index in [1.165, 1.54) is 0 Å². The minimum absolute atomic E-state index is 0.0109. The Morgan fingerprint density at radius 3 is 2.59 bits per heavy atom. The molecule has 0 amide bonds. The second-order valence-corrected chi connectivity index (χ2v) is 11.0. The molecule has 0 saturated carbocycles. The van der Waals surface area contributed by atoms with Crippen LogP contribution in [0.25, 0.3) is 0 Å². The Hall–Kier alpha value is -1.50. The van der Waals surface area contributed by atoms with Gasteiger partial charge < -0.3 is 20.1 Å². The average molecular weight is 504 g/mol. The molecule has 0 aliphatic carbocycles. The summed E-state index contributed by atoms with van der Waals surface area (Å²) < 4.78 is 48.4. The number of ether oxygens (including phenoxy) is 1. The highest BCUT2D eigenvalue weighted by Gasteiger charge is 2.47. The number of fused-ring (bicyclic) bond motifs is 2. The number of nitrogens with zero attached hydrogens (tertiary/aromatic N) is 3. The van der Waals surface area contributed by atoms with Crippen LogP contribution in [0.2, 0.25) is 0 Å². The van der Waals surface area contributed by atoms with E-state index in [9.17, 15) is 28.5 Å². The van der Waals surface area contributed by atoms with Gasteiger partial charge in [-0.05, 0) is 38.7 Å². The third-order valence-corrected chi connectivity index (χ3v) is 8.07. The third kappa shape index (κ3) is 5.50. The van der Waals surface area contributed by atoms with Gasteiger partial charge in [-0.3, -0.25) is 9.58 Å². The molecule has 2 aromatic rings. The zero-order valence-electron chi connectivity index (χ0n) is 19.4. The predicted octanol–water partition coefficient (Wildman–Crippen LogP) is 3.04. The molecular weight excluding hydrogens is 471 g/mol. The van der Waals surface area contributed by atoms with Crippen LogP contribution in [0.3, 0.4) is 0 Å². The molecule has 0 radical (unpaired) electrons. The van der Waals surface area contributed by atoms with Crippen molar-refractivity contribution in [2.24, 2.45) is 0 Å². The van der Waals surface area contributed by atoms with Crippen LogP contribution in [0.1, 0.15) is 59.6 Å². The Kier molecular flexibility index (Phi) is 7.16. The van der Waals surface area contributed by atoms with E-state index < -0.39 is 35.0 Å². The molecule has 2 aromatic heterocycles. The second-order valence-electron chi connectivity index (χ2n) is 9.98. The van der Waals surface area contributed by atoms with E-state index in [0.29, 0.717) is 55.9 Å². The molecule has 7 nitrogen and oxygen atoms in total. The molecule has 1 spiro atoms. The zero-order chi connectivity index (χ0) is 24.7. The molecule has 3 N–H and O–H groups in total. The molecule has 2 aliphatic heterocycles. The van der Waals surface area contributed by atoms with Crippen molar-refractivity contribution in [3.8, 4) is 0 Å². The summed E-state index contributed by atoms with van der Waals surface area (Å²) in [5.74, 6) is 0. The highest BCUT2D eigenvalue weighted by Crippen LogP contribution is 2.50. The summed E-state index contributed by atoms with van der Waals surface area (Å²) in [4.78, 5) is 2.15. The number of piperidine rings is 1. The summed E-state index contributed by atoms with van der Waals surface area (Å²) in [6.45, 7) is 5.31. The fraction of sp³-hybridized carbons (Fsp3) is 0.696. The molecule has 1 unspecified atom stereocenters. The van der Waals surface area contributed by atoms with E-state index in [0.717, 1.165) is 16.9 Å². The summed E-state index contributed by atoms with van der Waals surface area (Å²) in [7, 11) is 0. The van der Waals surface area contributed by atoms with Crippen LogP contribution >= 0.6 is 11.3 Å². The lowest BCUT2D eigenvalue weighted by Crippen LogP contribution is -2.45. The van der Waals surface area contributed by atoms with Gasteiger partial charge in [-0.1, -0.05) is 0 Å². The van der Waals surface area contributed by atoms with Gasteiger partial charge in [0.25, 0.3) is 0 Å². The first-order chi connectivity index (χ1) is 15.9. The molecule has 1 fully saturated rings. The largest absolute Gasteiger partial charge is 0.425 e. The Morgan fingerprint density at radius 1 is 1.26 bits per heavy atom. The minimum Gasteiger partial charge on any atom is -0.392 e. The normalized spacial score (nSPS) is 20.0. The fourth-order valence-corrected chi connectivity index (χ4v) is 6.52.